The number of ether oxygens (including phenoxy) is 5. The summed E-state index contributed by atoms with van der Waals surface area (Å²) in [5.74, 6) is 0.769. The van der Waals surface area contributed by atoms with Gasteiger partial charge >= 0.3 is 18.5 Å². The fourth-order valence-electron chi connectivity index (χ4n) is 2.70. The van der Waals surface area contributed by atoms with Crippen LogP contribution in [0.5, 0.6) is 0 Å². The molecule has 1 fully saturated rings. The van der Waals surface area contributed by atoms with Crippen LogP contribution in [-0.2, 0) is 23.7 Å². The highest BCUT2D eigenvalue weighted by Crippen LogP contribution is 2.27. The lowest BCUT2D eigenvalue weighted by molar-refractivity contribution is -0.0742. The molecule has 1 aliphatic rings. The van der Waals surface area contributed by atoms with Crippen LogP contribution < -0.4 is 0 Å². The largest absolute Gasteiger partial charge is 0.508 e. The zero-order valence-corrected chi connectivity index (χ0v) is 17.0. The van der Waals surface area contributed by atoms with E-state index < -0.39 is 36.8 Å². The summed E-state index contributed by atoms with van der Waals surface area (Å²) in [6.07, 6.45) is -3.25. The second-order valence-corrected chi connectivity index (χ2v) is 7.75. The van der Waals surface area contributed by atoms with Gasteiger partial charge in [-0.15, -0.1) is 0 Å². The number of hydrogen-bond acceptors (Lipinski definition) is 8. The molecule has 1 saturated carbocycles. The van der Waals surface area contributed by atoms with Gasteiger partial charge in [0.15, 0.2) is 0 Å². The minimum absolute atomic E-state index is 0.174. The monoisotopic (exact) mass is 404 g/mol. The first-order valence-corrected chi connectivity index (χ1v) is 9.72. The third-order valence-corrected chi connectivity index (χ3v) is 4.20. The summed E-state index contributed by atoms with van der Waals surface area (Å²) in [4.78, 5) is 34.5. The van der Waals surface area contributed by atoms with Crippen molar-refractivity contribution in [2.75, 3.05) is 13.2 Å². The molecule has 0 bridgehead atoms. The molecular formula is C19H32O9. The van der Waals surface area contributed by atoms with E-state index in [1.165, 1.54) is 0 Å². The molecule has 9 heteroatoms. The molecule has 0 saturated heterocycles. The summed E-state index contributed by atoms with van der Waals surface area (Å²) in [6, 6.07) is 0. The number of carboxylic acid groups (broad SMARTS) is 1. The van der Waals surface area contributed by atoms with E-state index in [1.807, 2.05) is 27.7 Å². The second kappa shape index (κ2) is 12.3. The summed E-state index contributed by atoms with van der Waals surface area (Å²) in [6.45, 7) is 8.50. The van der Waals surface area contributed by atoms with Crippen molar-refractivity contribution >= 4 is 18.5 Å². The molecule has 0 heterocycles. The molecular weight excluding hydrogens is 372 g/mol. The average molecular weight is 404 g/mol. The predicted octanol–water partition coefficient (Wildman–Crippen LogP) is 4.37. The molecule has 1 N–H and O–H groups in total. The van der Waals surface area contributed by atoms with E-state index in [1.54, 1.807) is 0 Å². The van der Waals surface area contributed by atoms with E-state index in [-0.39, 0.29) is 32.5 Å². The van der Waals surface area contributed by atoms with Crippen LogP contribution in [0.4, 0.5) is 14.4 Å². The van der Waals surface area contributed by atoms with Gasteiger partial charge in [0.2, 0.25) is 0 Å². The first kappa shape index (κ1) is 23.8. The van der Waals surface area contributed by atoms with Crippen LogP contribution in [0.1, 0.15) is 59.8 Å². The van der Waals surface area contributed by atoms with Crippen LogP contribution >= 0.6 is 0 Å². The summed E-state index contributed by atoms with van der Waals surface area (Å²) in [7, 11) is 0. The van der Waals surface area contributed by atoms with Crippen molar-refractivity contribution in [1.82, 2.24) is 0 Å². The summed E-state index contributed by atoms with van der Waals surface area (Å²) in [5.41, 5.74) is 0. The van der Waals surface area contributed by atoms with Crippen molar-refractivity contribution < 1.29 is 43.2 Å². The maximum Gasteiger partial charge on any atom is 0.508 e. The van der Waals surface area contributed by atoms with Gasteiger partial charge in [-0.05, 0) is 24.7 Å². The summed E-state index contributed by atoms with van der Waals surface area (Å²) >= 11 is 0. The van der Waals surface area contributed by atoms with E-state index in [9.17, 15) is 14.4 Å². The van der Waals surface area contributed by atoms with Gasteiger partial charge in [-0.25, -0.2) is 14.4 Å². The van der Waals surface area contributed by atoms with Gasteiger partial charge in [0.05, 0.1) is 13.2 Å². The highest BCUT2D eigenvalue weighted by Gasteiger charge is 2.36. The van der Waals surface area contributed by atoms with Crippen molar-refractivity contribution in [3.63, 3.8) is 0 Å². The van der Waals surface area contributed by atoms with Gasteiger partial charge in [0, 0.05) is 19.3 Å². The Labute approximate surface area is 165 Å². The van der Waals surface area contributed by atoms with Crippen molar-refractivity contribution in [3.05, 3.63) is 0 Å². The van der Waals surface area contributed by atoms with Gasteiger partial charge in [-0.1, -0.05) is 27.7 Å². The zero-order chi connectivity index (χ0) is 21.1. The van der Waals surface area contributed by atoms with Crippen LogP contribution in [-0.4, -0.2) is 55.1 Å². The van der Waals surface area contributed by atoms with Crippen LogP contribution in [0.2, 0.25) is 0 Å². The van der Waals surface area contributed by atoms with E-state index in [4.69, 9.17) is 28.8 Å². The molecule has 0 aliphatic heterocycles. The smallest absolute Gasteiger partial charge is 0.450 e. The number of carbonyl (C=O) groups excluding carboxylic acids is 2. The molecule has 0 aromatic carbocycles. The van der Waals surface area contributed by atoms with Crippen molar-refractivity contribution in [3.8, 4) is 0 Å². The lowest BCUT2D eigenvalue weighted by Crippen LogP contribution is -2.40. The molecule has 162 valence electrons. The third-order valence-electron chi connectivity index (χ3n) is 4.20. The second-order valence-electron chi connectivity index (χ2n) is 7.75. The fourth-order valence-corrected chi connectivity index (χ4v) is 2.70. The summed E-state index contributed by atoms with van der Waals surface area (Å²) < 4.78 is 25.3. The minimum Gasteiger partial charge on any atom is -0.450 e. The van der Waals surface area contributed by atoms with Gasteiger partial charge < -0.3 is 28.8 Å². The quantitative estimate of drug-likeness (QED) is 0.441. The fraction of sp³-hybridized carbons (Fsp3) is 0.842. The van der Waals surface area contributed by atoms with Gasteiger partial charge in [0.1, 0.15) is 18.3 Å². The van der Waals surface area contributed by atoms with Crippen LogP contribution in [0.25, 0.3) is 0 Å². The van der Waals surface area contributed by atoms with E-state index in [0.29, 0.717) is 24.7 Å². The first-order valence-electron chi connectivity index (χ1n) is 9.72. The Kier molecular flexibility index (Phi) is 10.5. The molecule has 0 radical (unpaired) electrons. The highest BCUT2D eigenvalue weighted by molar-refractivity contribution is 5.61. The number of carbonyl (C=O) groups is 3. The SMILES string of the molecule is CC(C)CCOC(=O)OC1CC(OC(=O)O)CC(OC(=O)OCCC(C)C)C1. The Bertz CT molecular complexity index is 468. The first-order chi connectivity index (χ1) is 13.2. The number of hydrogen-bond donors (Lipinski definition) is 1. The lowest BCUT2D eigenvalue weighted by Gasteiger charge is -2.32. The van der Waals surface area contributed by atoms with Gasteiger partial charge in [-0.2, -0.15) is 0 Å². The van der Waals surface area contributed by atoms with Crippen LogP contribution in [0.15, 0.2) is 0 Å². The van der Waals surface area contributed by atoms with Gasteiger partial charge in [0.25, 0.3) is 0 Å². The maximum atomic E-state index is 11.8. The molecule has 1 rings (SSSR count). The third kappa shape index (κ3) is 10.8. The minimum atomic E-state index is -1.44. The Balaban J connectivity index is 2.53. The molecule has 28 heavy (non-hydrogen) atoms. The average Bonchev–Trinajstić information content (AvgIpc) is 2.52. The zero-order valence-electron chi connectivity index (χ0n) is 17.0. The molecule has 0 aromatic heterocycles. The van der Waals surface area contributed by atoms with E-state index in [0.717, 1.165) is 0 Å². The molecule has 1 aliphatic carbocycles. The Morgan fingerprint density at radius 2 is 1.11 bits per heavy atom. The standard InChI is InChI=1S/C19H32O9/c1-12(2)5-7-24-18(22)27-15-9-14(26-17(20)21)10-16(11-15)28-19(23)25-8-6-13(3)4/h12-16H,5-11H2,1-4H3,(H,20,21). The molecule has 2 atom stereocenters. The molecule has 2 unspecified atom stereocenters. The predicted molar refractivity (Wildman–Crippen MR) is 98.1 cm³/mol. The normalized spacial score (nSPS) is 21.9. The van der Waals surface area contributed by atoms with Crippen molar-refractivity contribution in [2.45, 2.75) is 78.1 Å². The Morgan fingerprint density at radius 1 is 0.750 bits per heavy atom. The van der Waals surface area contributed by atoms with Crippen LogP contribution in [0, 0.1) is 11.8 Å². The Morgan fingerprint density at radius 3 is 1.43 bits per heavy atom. The molecule has 0 spiro atoms. The highest BCUT2D eigenvalue weighted by atomic mass is 16.7. The lowest BCUT2D eigenvalue weighted by atomic mass is 9.92. The van der Waals surface area contributed by atoms with Gasteiger partial charge in [-0.3, -0.25) is 0 Å². The van der Waals surface area contributed by atoms with Crippen molar-refractivity contribution in [2.24, 2.45) is 11.8 Å². The van der Waals surface area contributed by atoms with Crippen molar-refractivity contribution in [1.29, 1.82) is 0 Å². The molecule has 9 nitrogen and oxygen atoms in total. The Hall–Kier alpha value is -2.19. The molecule has 0 aromatic rings. The maximum absolute atomic E-state index is 11.8. The van der Waals surface area contributed by atoms with E-state index >= 15 is 0 Å². The van der Waals surface area contributed by atoms with E-state index in [2.05, 4.69) is 0 Å². The topological polar surface area (TPSA) is 118 Å². The number of rotatable bonds is 9. The van der Waals surface area contributed by atoms with Crippen LogP contribution in [0.3, 0.4) is 0 Å². The summed E-state index contributed by atoms with van der Waals surface area (Å²) in [5, 5.41) is 8.85. The molecule has 0 amide bonds.